The minimum Gasteiger partial charge on any atom is -0.495 e. The van der Waals surface area contributed by atoms with E-state index in [4.69, 9.17) is 25.8 Å². The van der Waals surface area contributed by atoms with Crippen molar-refractivity contribution < 1.29 is 23.8 Å². The Labute approximate surface area is 163 Å². The first-order chi connectivity index (χ1) is 12.9. The fraction of sp³-hybridized carbons (Fsp3) is 0.300. The molecule has 0 saturated heterocycles. The number of hydrogen-bond acceptors (Lipinski definition) is 5. The van der Waals surface area contributed by atoms with Crippen LogP contribution in [0.2, 0.25) is 5.02 Å². The minimum atomic E-state index is -0.429. The van der Waals surface area contributed by atoms with E-state index < -0.39 is 5.97 Å². The van der Waals surface area contributed by atoms with Crippen LogP contribution in [0, 0.1) is 5.92 Å². The Kier molecular flexibility index (Phi) is 7.49. The number of hydrogen-bond donors (Lipinski definition) is 1. The summed E-state index contributed by atoms with van der Waals surface area (Å²) in [6.45, 7) is 4.09. The number of ether oxygens (including phenoxy) is 3. The molecule has 0 bridgehead atoms. The molecule has 1 amide bonds. The number of methoxy groups -OCH3 is 1. The Morgan fingerprint density at radius 2 is 1.81 bits per heavy atom. The van der Waals surface area contributed by atoms with E-state index in [-0.39, 0.29) is 18.4 Å². The van der Waals surface area contributed by atoms with Crippen LogP contribution in [-0.4, -0.2) is 32.2 Å². The lowest BCUT2D eigenvalue weighted by Crippen LogP contribution is -2.17. The first kappa shape index (κ1) is 20.6. The van der Waals surface area contributed by atoms with Crippen molar-refractivity contribution in [1.29, 1.82) is 0 Å². The smallest absolute Gasteiger partial charge is 0.344 e. The first-order valence-corrected chi connectivity index (χ1v) is 8.80. The normalized spacial score (nSPS) is 10.4. The molecule has 0 radical (unpaired) electrons. The van der Waals surface area contributed by atoms with Gasteiger partial charge in [0, 0.05) is 11.3 Å². The van der Waals surface area contributed by atoms with Gasteiger partial charge >= 0.3 is 5.97 Å². The van der Waals surface area contributed by atoms with Crippen molar-refractivity contribution in [3.8, 4) is 11.5 Å². The molecule has 0 saturated carbocycles. The summed E-state index contributed by atoms with van der Waals surface area (Å²) in [5, 5.41) is 3.16. The molecule has 2 rings (SSSR count). The predicted octanol–water partition coefficient (Wildman–Crippen LogP) is 4.18. The molecule has 0 aliphatic rings. The van der Waals surface area contributed by atoms with E-state index in [0.717, 1.165) is 0 Å². The highest BCUT2D eigenvalue weighted by Crippen LogP contribution is 2.27. The number of esters is 1. The second kappa shape index (κ2) is 9.83. The molecule has 144 valence electrons. The van der Waals surface area contributed by atoms with Crippen LogP contribution < -0.4 is 14.8 Å². The zero-order valence-corrected chi connectivity index (χ0v) is 16.2. The Hall–Kier alpha value is -2.73. The fourth-order valence-electron chi connectivity index (χ4n) is 2.09. The van der Waals surface area contributed by atoms with Crippen molar-refractivity contribution in [2.45, 2.75) is 13.8 Å². The molecule has 2 aromatic rings. The van der Waals surface area contributed by atoms with Crippen molar-refractivity contribution >= 4 is 29.2 Å². The van der Waals surface area contributed by atoms with E-state index in [2.05, 4.69) is 5.32 Å². The number of amides is 1. The summed E-state index contributed by atoms with van der Waals surface area (Å²) in [4.78, 5) is 23.8. The Balaban J connectivity index is 1.89. The van der Waals surface area contributed by atoms with Gasteiger partial charge in [-0.1, -0.05) is 25.4 Å². The van der Waals surface area contributed by atoms with Gasteiger partial charge in [0.2, 0.25) is 0 Å². The van der Waals surface area contributed by atoms with Crippen molar-refractivity contribution in [2.75, 3.05) is 25.6 Å². The summed E-state index contributed by atoms with van der Waals surface area (Å²) >= 11 is 6.05. The van der Waals surface area contributed by atoms with E-state index >= 15 is 0 Å². The molecule has 0 spiro atoms. The van der Waals surface area contributed by atoms with Crippen LogP contribution in [0.25, 0.3) is 0 Å². The van der Waals surface area contributed by atoms with Gasteiger partial charge in [-0.2, -0.15) is 0 Å². The van der Waals surface area contributed by atoms with Gasteiger partial charge in [0.25, 0.3) is 5.91 Å². The molecule has 0 atom stereocenters. The Bertz CT molecular complexity index is 789. The number of carbonyl (C=O) groups excluding carboxylic acids is 2. The van der Waals surface area contributed by atoms with Gasteiger partial charge < -0.3 is 19.5 Å². The number of rotatable bonds is 8. The van der Waals surface area contributed by atoms with E-state index in [1.54, 1.807) is 42.5 Å². The summed E-state index contributed by atoms with van der Waals surface area (Å²) < 4.78 is 15.5. The number of halogens is 1. The predicted molar refractivity (Wildman–Crippen MR) is 104 cm³/mol. The number of carbonyl (C=O) groups is 2. The minimum absolute atomic E-state index is 0.178. The van der Waals surface area contributed by atoms with Crippen molar-refractivity contribution in [3.05, 3.63) is 53.1 Å². The number of nitrogens with one attached hydrogen (secondary N) is 1. The van der Waals surface area contributed by atoms with Crippen LogP contribution >= 0.6 is 11.6 Å². The third-order valence-electron chi connectivity index (χ3n) is 3.46. The standard InChI is InChI=1S/C20H22ClNO5/c1-13(2)11-27-19(23)12-26-16-7-4-14(5-8-16)20(24)22-15-6-9-18(25-3)17(21)10-15/h4-10,13H,11-12H2,1-3H3,(H,22,24). The summed E-state index contributed by atoms with van der Waals surface area (Å²) in [6, 6.07) is 11.4. The summed E-state index contributed by atoms with van der Waals surface area (Å²) in [5.74, 6) is 0.553. The molecule has 0 aromatic heterocycles. The lowest BCUT2D eigenvalue weighted by molar-refractivity contribution is -0.147. The van der Waals surface area contributed by atoms with Gasteiger partial charge in [0.05, 0.1) is 18.7 Å². The highest BCUT2D eigenvalue weighted by atomic mass is 35.5. The molecule has 0 aliphatic carbocycles. The van der Waals surface area contributed by atoms with E-state index in [9.17, 15) is 9.59 Å². The monoisotopic (exact) mass is 391 g/mol. The van der Waals surface area contributed by atoms with E-state index in [1.807, 2.05) is 13.8 Å². The lowest BCUT2D eigenvalue weighted by atomic mass is 10.2. The maximum atomic E-state index is 12.3. The molecule has 0 unspecified atom stereocenters. The maximum absolute atomic E-state index is 12.3. The van der Waals surface area contributed by atoms with Gasteiger partial charge in [-0.25, -0.2) is 4.79 Å². The molecule has 0 aliphatic heterocycles. The maximum Gasteiger partial charge on any atom is 0.344 e. The molecule has 7 heteroatoms. The average Bonchev–Trinajstić information content (AvgIpc) is 2.65. The quantitative estimate of drug-likeness (QED) is 0.683. The topological polar surface area (TPSA) is 73.9 Å². The van der Waals surface area contributed by atoms with Crippen molar-refractivity contribution in [2.24, 2.45) is 5.92 Å². The highest BCUT2D eigenvalue weighted by Gasteiger charge is 2.10. The van der Waals surface area contributed by atoms with Crippen LogP contribution in [0.5, 0.6) is 11.5 Å². The molecule has 2 aromatic carbocycles. The van der Waals surface area contributed by atoms with Gasteiger partial charge in [-0.05, 0) is 48.4 Å². The van der Waals surface area contributed by atoms with Crippen molar-refractivity contribution in [1.82, 2.24) is 0 Å². The van der Waals surface area contributed by atoms with Crippen LogP contribution in [0.4, 0.5) is 5.69 Å². The largest absolute Gasteiger partial charge is 0.495 e. The molecular formula is C20H22ClNO5. The van der Waals surface area contributed by atoms with Gasteiger partial charge in [0.1, 0.15) is 11.5 Å². The third kappa shape index (κ3) is 6.49. The van der Waals surface area contributed by atoms with Gasteiger partial charge in [-0.15, -0.1) is 0 Å². The second-order valence-electron chi connectivity index (χ2n) is 6.19. The molecule has 1 N–H and O–H groups in total. The molecular weight excluding hydrogens is 370 g/mol. The van der Waals surface area contributed by atoms with Gasteiger partial charge in [0.15, 0.2) is 6.61 Å². The van der Waals surface area contributed by atoms with E-state index in [0.29, 0.717) is 34.4 Å². The zero-order valence-electron chi connectivity index (χ0n) is 15.5. The Morgan fingerprint density at radius 3 is 2.41 bits per heavy atom. The summed E-state index contributed by atoms with van der Waals surface area (Å²) in [7, 11) is 1.52. The molecule has 27 heavy (non-hydrogen) atoms. The van der Waals surface area contributed by atoms with E-state index in [1.165, 1.54) is 7.11 Å². The van der Waals surface area contributed by atoms with Crippen molar-refractivity contribution in [3.63, 3.8) is 0 Å². The summed E-state index contributed by atoms with van der Waals surface area (Å²) in [6.07, 6.45) is 0. The fourth-order valence-corrected chi connectivity index (χ4v) is 2.35. The second-order valence-corrected chi connectivity index (χ2v) is 6.60. The van der Waals surface area contributed by atoms with Crippen LogP contribution in [0.1, 0.15) is 24.2 Å². The molecule has 0 fully saturated rings. The SMILES string of the molecule is COc1ccc(NC(=O)c2ccc(OCC(=O)OCC(C)C)cc2)cc1Cl. The average molecular weight is 392 g/mol. The van der Waals surface area contributed by atoms with Gasteiger partial charge in [-0.3, -0.25) is 4.79 Å². The third-order valence-corrected chi connectivity index (χ3v) is 3.76. The summed E-state index contributed by atoms with van der Waals surface area (Å²) in [5.41, 5.74) is 0.996. The van der Waals surface area contributed by atoms with Crippen LogP contribution in [0.3, 0.4) is 0 Å². The number of benzene rings is 2. The zero-order chi connectivity index (χ0) is 19.8. The number of anilines is 1. The molecule has 0 heterocycles. The van der Waals surface area contributed by atoms with Crippen LogP contribution in [0.15, 0.2) is 42.5 Å². The van der Waals surface area contributed by atoms with Crippen LogP contribution in [-0.2, 0) is 9.53 Å². The molecule has 6 nitrogen and oxygen atoms in total. The lowest BCUT2D eigenvalue weighted by Gasteiger charge is -2.10. The first-order valence-electron chi connectivity index (χ1n) is 8.42. The highest BCUT2D eigenvalue weighted by molar-refractivity contribution is 6.32. The Morgan fingerprint density at radius 1 is 1.11 bits per heavy atom.